The summed E-state index contributed by atoms with van der Waals surface area (Å²) in [5, 5.41) is 2.98. The summed E-state index contributed by atoms with van der Waals surface area (Å²) in [7, 11) is 1.75. The van der Waals surface area contributed by atoms with Crippen molar-refractivity contribution in [1.82, 2.24) is 15.1 Å². The van der Waals surface area contributed by atoms with E-state index in [1.54, 1.807) is 16.8 Å². The van der Waals surface area contributed by atoms with Crippen LogP contribution in [-0.2, 0) is 15.0 Å². The molecule has 0 unspecified atom stereocenters. The second-order valence-electron chi connectivity index (χ2n) is 7.71. The van der Waals surface area contributed by atoms with Crippen LogP contribution in [0.2, 0.25) is 0 Å². The van der Waals surface area contributed by atoms with E-state index in [2.05, 4.69) is 21.2 Å². The molecule has 2 heterocycles. The topological polar surface area (TPSA) is 69.7 Å². The molecule has 1 aliphatic carbocycles. The lowest BCUT2D eigenvalue weighted by Crippen LogP contribution is -2.52. The van der Waals surface area contributed by atoms with E-state index in [0.717, 1.165) is 22.9 Å². The van der Waals surface area contributed by atoms with Gasteiger partial charge in [0.05, 0.1) is 6.54 Å². The van der Waals surface area contributed by atoms with Gasteiger partial charge in [-0.1, -0.05) is 15.9 Å². The fourth-order valence-electron chi connectivity index (χ4n) is 4.12. The molecule has 4 rings (SSSR count). The van der Waals surface area contributed by atoms with Crippen LogP contribution in [0, 0.1) is 0 Å². The summed E-state index contributed by atoms with van der Waals surface area (Å²) in [6, 6.07) is 5.74. The number of hydrogen-bond acceptors (Lipinski definition) is 3. The van der Waals surface area contributed by atoms with Gasteiger partial charge in [-0.2, -0.15) is 0 Å². The summed E-state index contributed by atoms with van der Waals surface area (Å²) >= 11 is 3.49. The molecule has 0 aromatic heterocycles. The van der Waals surface area contributed by atoms with Gasteiger partial charge >= 0.3 is 0 Å². The van der Waals surface area contributed by atoms with Crippen LogP contribution in [0.3, 0.4) is 0 Å². The van der Waals surface area contributed by atoms with Crippen LogP contribution in [0.25, 0.3) is 0 Å². The Bertz CT molecular complexity index is 790. The number of nitrogens with zero attached hydrogens (tertiary/aromatic N) is 2. The molecule has 1 aromatic carbocycles. The molecule has 2 aliphatic heterocycles. The summed E-state index contributed by atoms with van der Waals surface area (Å²) in [4.78, 5) is 40.2. The summed E-state index contributed by atoms with van der Waals surface area (Å²) in [5.74, 6) is -0.112. The highest BCUT2D eigenvalue weighted by molar-refractivity contribution is 9.10. The third-order valence-corrected chi connectivity index (χ3v) is 6.24. The first-order valence-corrected chi connectivity index (χ1v) is 9.80. The minimum atomic E-state index is -0.150. The van der Waals surface area contributed by atoms with Gasteiger partial charge in [0.1, 0.15) is 0 Å². The SMILES string of the molecule is CN1C[C@H](NC(=O)CN2CC3(CC3)c3cc(Br)ccc3C2=O)CCC1=O. The lowest BCUT2D eigenvalue weighted by Gasteiger charge is -2.35. The third-order valence-electron chi connectivity index (χ3n) is 5.74. The Hall–Kier alpha value is -1.89. The molecule has 2 fully saturated rings. The third kappa shape index (κ3) is 3.13. The zero-order valence-corrected chi connectivity index (χ0v) is 16.3. The molecule has 138 valence electrons. The fraction of sp³-hybridized carbons (Fsp3) is 0.526. The van der Waals surface area contributed by atoms with Crippen molar-refractivity contribution >= 4 is 33.7 Å². The number of rotatable bonds is 3. The van der Waals surface area contributed by atoms with Crippen LogP contribution in [0.4, 0.5) is 0 Å². The van der Waals surface area contributed by atoms with E-state index in [1.165, 1.54) is 0 Å². The van der Waals surface area contributed by atoms with Gasteiger partial charge in [0.15, 0.2) is 0 Å². The van der Waals surface area contributed by atoms with E-state index in [0.29, 0.717) is 31.5 Å². The number of carbonyl (C=O) groups is 3. The molecular weight excluding hydrogens is 398 g/mol. The Morgan fingerprint density at radius 3 is 2.81 bits per heavy atom. The van der Waals surface area contributed by atoms with Crippen LogP contribution in [0.1, 0.15) is 41.6 Å². The number of fused-ring (bicyclic) bond motifs is 2. The molecule has 6 nitrogen and oxygen atoms in total. The van der Waals surface area contributed by atoms with E-state index in [1.807, 2.05) is 18.2 Å². The Kier molecular flexibility index (Phi) is 4.29. The van der Waals surface area contributed by atoms with Gasteiger partial charge in [-0.3, -0.25) is 14.4 Å². The zero-order valence-electron chi connectivity index (χ0n) is 14.8. The smallest absolute Gasteiger partial charge is 0.254 e. The van der Waals surface area contributed by atoms with E-state index in [9.17, 15) is 14.4 Å². The average Bonchev–Trinajstić information content (AvgIpc) is 3.36. The highest BCUT2D eigenvalue weighted by Crippen LogP contribution is 2.52. The molecule has 1 N–H and O–H groups in total. The van der Waals surface area contributed by atoms with Crippen molar-refractivity contribution in [2.45, 2.75) is 37.1 Å². The van der Waals surface area contributed by atoms with Crippen LogP contribution >= 0.6 is 15.9 Å². The fourth-order valence-corrected chi connectivity index (χ4v) is 4.48. The number of piperidine rings is 1. The summed E-state index contributed by atoms with van der Waals surface area (Å²) in [6.45, 7) is 1.20. The number of amides is 3. The summed E-state index contributed by atoms with van der Waals surface area (Å²) < 4.78 is 0.984. The molecular formula is C19H22BrN3O3. The highest BCUT2D eigenvalue weighted by Gasteiger charge is 2.51. The van der Waals surface area contributed by atoms with E-state index in [4.69, 9.17) is 0 Å². The first-order chi connectivity index (χ1) is 12.4. The van der Waals surface area contributed by atoms with Gasteiger partial charge < -0.3 is 15.1 Å². The lowest BCUT2D eigenvalue weighted by molar-refractivity contribution is -0.134. The number of hydrogen-bond donors (Lipinski definition) is 1. The van der Waals surface area contributed by atoms with E-state index < -0.39 is 0 Å². The Labute approximate surface area is 161 Å². The standard InChI is InChI=1S/C19H22BrN3O3/c1-22-9-13(3-5-17(22)25)21-16(24)10-23-11-19(6-7-19)15-8-12(20)2-4-14(15)18(23)26/h2,4,8,13H,3,5-7,9-11H2,1H3,(H,21,24)/t13-/m1/s1. The Balaban J connectivity index is 1.44. The molecule has 7 heteroatoms. The van der Waals surface area contributed by atoms with Gasteiger partial charge in [0, 0.05) is 48.1 Å². The van der Waals surface area contributed by atoms with Gasteiger partial charge in [0.2, 0.25) is 11.8 Å². The lowest BCUT2D eigenvalue weighted by atomic mass is 9.86. The maximum atomic E-state index is 12.8. The number of likely N-dealkylation sites (tertiary alicyclic amines) is 1. The van der Waals surface area contributed by atoms with Crippen molar-refractivity contribution in [2.75, 3.05) is 26.7 Å². The largest absolute Gasteiger partial charge is 0.350 e. The number of halogens is 1. The number of benzene rings is 1. The van der Waals surface area contributed by atoms with Crippen molar-refractivity contribution < 1.29 is 14.4 Å². The Morgan fingerprint density at radius 1 is 1.35 bits per heavy atom. The van der Waals surface area contributed by atoms with Crippen LogP contribution in [-0.4, -0.2) is 60.2 Å². The maximum Gasteiger partial charge on any atom is 0.254 e. The first kappa shape index (κ1) is 17.5. The van der Waals surface area contributed by atoms with Crippen molar-refractivity contribution in [2.24, 2.45) is 0 Å². The van der Waals surface area contributed by atoms with Crippen LogP contribution in [0.15, 0.2) is 22.7 Å². The second-order valence-corrected chi connectivity index (χ2v) is 8.62. The molecule has 0 bridgehead atoms. The molecule has 26 heavy (non-hydrogen) atoms. The number of likely N-dealkylation sites (N-methyl/N-ethyl adjacent to an activating group) is 1. The normalized spacial score (nSPS) is 23.8. The zero-order chi connectivity index (χ0) is 18.5. The van der Waals surface area contributed by atoms with E-state index in [-0.39, 0.29) is 35.7 Å². The van der Waals surface area contributed by atoms with Gasteiger partial charge in [-0.25, -0.2) is 0 Å². The van der Waals surface area contributed by atoms with E-state index >= 15 is 0 Å². The maximum absolute atomic E-state index is 12.8. The molecule has 3 aliphatic rings. The Morgan fingerprint density at radius 2 is 2.12 bits per heavy atom. The molecule has 1 saturated heterocycles. The molecule has 1 saturated carbocycles. The van der Waals surface area contributed by atoms with Crippen molar-refractivity contribution in [1.29, 1.82) is 0 Å². The summed E-state index contributed by atoms with van der Waals surface area (Å²) in [5.41, 5.74) is 1.85. The van der Waals surface area contributed by atoms with Crippen molar-refractivity contribution in [3.05, 3.63) is 33.8 Å². The molecule has 3 amide bonds. The molecule has 1 spiro atoms. The molecule has 1 aromatic rings. The second kappa shape index (κ2) is 6.37. The number of carbonyl (C=O) groups excluding carboxylic acids is 3. The monoisotopic (exact) mass is 419 g/mol. The van der Waals surface area contributed by atoms with Crippen molar-refractivity contribution in [3.8, 4) is 0 Å². The predicted octanol–water partition coefficient (Wildman–Crippen LogP) is 1.67. The molecule has 1 atom stereocenters. The quantitative estimate of drug-likeness (QED) is 0.809. The van der Waals surface area contributed by atoms with Gasteiger partial charge in [-0.15, -0.1) is 0 Å². The van der Waals surface area contributed by atoms with Gasteiger partial charge in [-0.05, 0) is 43.0 Å². The summed E-state index contributed by atoms with van der Waals surface area (Å²) in [6.07, 6.45) is 3.22. The predicted molar refractivity (Wildman–Crippen MR) is 99.8 cm³/mol. The minimum absolute atomic E-state index is 0.0186. The van der Waals surface area contributed by atoms with Crippen LogP contribution < -0.4 is 5.32 Å². The highest BCUT2D eigenvalue weighted by atomic mass is 79.9. The molecule has 0 radical (unpaired) electrons. The minimum Gasteiger partial charge on any atom is -0.350 e. The van der Waals surface area contributed by atoms with Crippen LogP contribution in [0.5, 0.6) is 0 Å². The number of nitrogens with one attached hydrogen (secondary N) is 1. The average molecular weight is 420 g/mol. The first-order valence-electron chi connectivity index (χ1n) is 9.01. The van der Waals surface area contributed by atoms with Crippen molar-refractivity contribution in [3.63, 3.8) is 0 Å². The van der Waals surface area contributed by atoms with Gasteiger partial charge in [0.25, 0.3) is 5.91 Å².